The number of halogens is 2. The van der Waals surface area contributed by atoms with E-state index < -0.39 is 16.3 Å². The van der Waals surface area contributed by atoms with E-state index in [1.165, 1.54) is 18.2 Å². The molecular weight excluding hydrogens is 369 g/mol. The highest BCUT2D eigenvalue weighted by atomic mass is 35.5. The van der Waals surface area contributed by atoms with E-state index in [0.717, 1.165) is 5.56 Å². The van der Waals surface area contributed by atoms with E-state index in [-0.39, 0.29) is 10.7 Å². The molecule has 2 aromatic rings. The standard InChI is InChI=1S/C17H15Cl2NO5/c1-3-11-8-13(5-7-15(11)24-10(2)17(19)21)25-16-6-4-12(20(22)23)9-14(16)18/h4-10H,3H2,1-2H3. The van der Waals surface area contributed by atoms with Crippen LogP contribution in [0.3, 0.4) is 0 Å². The molecule has 25 heavy (non-hydrogen) atoms. The van der Waals surface area contributed by atoms with Crippen LogP contribution >= 0.6 is 23.2 Å². The molecule has 0 heterocycles. The molecule has 1 unspecified atom stereocenters. The van der Waals surface area contributed by atoms with Crippen LogP contribution in [0.2, 0.25) is 5.02 Å². The van der Waals surface area contributed by atoms with Crippen LogP contribution in [-0.4, -0.2) is 16.3 Å². The molecule has 0 saturated carbocycles. The third kappa shape index (κ3) is 4.84. The number of nitrogens with zero attached hydrogens (tertiary/aromatic N) is 1. The van der Waals surface area contributed by atoms with Gasteiger partial charge in [-0.25, -0.2) is 0 Å². The van der Waals surface area contributed by atoms with Crippen molar-refractivity contribution in [2.24, 2.45) is 0 Å². The van der Waals surface area contributed by atoms with E-state index in [2.05, 4.69) is 0 Å². The number of nitro benzene ring substituents is 1. The zero-order valence-electron chi connectivity index (χ0n) is 13.5. The summed E-state index contributed by atoms with van der Waals surface area (Å²) in [6.45, 7) is 3.49. The number of ether oxygens (including phenoxy) is 2. The van der Waals surface area contributed by atoms with Crippen LogP contribution in [0.1, 0.15) is 19.4 Å². The van der Waals surface area contributed by atoms with Crippen LogP contribution in [0.15, 0.2) is 36.4 Å². The molecule has 0 aromatic heterocycles. The van der Waals surface area contributed by atoms with Crippen LogP contribution in [0, 0.1) is 10.1 Å². The highest BCUT2D eigenvalue weighted by Crippen LogP contribution is 2.34. The number of carbonyl (C=O) groups excluding carboxylic acids is 1. The fourth-order valence-corrected chi connectivity index (χ4v) is 2.32. The lowest BCUT2D eigenvalue weighted by atomic mass is 10.1. The van der Waals surface area contributed by atoms with Gasteiger partial charge < -0.3 is 9.47 Å². The number of benzene rings is 2. The maximum Gasteiger partial charge on any atom is 0.271 e. The Kier molecular flexibility index (Phi) is 6.22. The van der Waals surface area contributed by atoms with E-state index in [1.54, 1.807) is 25.1 Å². The van der Waals surface area contributed by atoms with Crippen molar-refractivity contribution in [3.63, 3.8) is 0 Å². The van der Waals surface area contributed by atoms with E-state index in [0.29, 0.717) is 23.7 Å². The molecule has 0 spiro atoms. The third-order valence-electron chi connectivity index (χ3n) is 3.39. The monoisotopic (exact) mass is 383 g/mol. The Morgan fingerprint density at radius 1 is 1.24 bits per heavy atom. The number of nitro groups is 1. The highest BCUT2D eigenvalue weighted by molar-refractivity contribution is 6.64. The summed E-state index contributed by atoms with van der Waals surface area (Å²) in [4.78, 5) is 21.3. The Balaban J connectivity index is 2.23. The van der Waals surface area contributed by atoms with Gasteiger partial charge in [0.25, 0.3) is 10.9 Å². The lowest BCUT2D eigenvalue weighted by Gasteiger charge is -2.15. The third-order valence-corrected chi connectivity index (χ3v) is 3.99. The van der Waals surface area contributed by atoms with Gasteiger partial charge in [-0.15, -0.1) is 0 Å². The van der Waals surface area contributed by atoms with Crippen molar-refractivity contribution in [3.05, 3.63) is 57.1 Å². The maximum absolute atomic E-state index is 11.1. The smallest absolute Gasteiger partial charge is 0.271 e. The van der Waals surface area contributed by atoms with E-state index in [4.69, 9.17) is 32.7 Å². The summed E-state index contributed by atoms with van der Waals surface area (Å²) in [5.41, 5.74) is 0.704. The molecule has 1 atom stereocenters. The first-order chi connectivity index (χ1) is 11.8. The van der Waals surface area contributed by atoms with Crippen molar-refractivity contribution in [1.82, 2.24) is 0 Å². The Bertz CT molecular complexity index is 810. The Hall–Kier alpha value is -2.31. The van der Waals surface area contributed by atoms with Crippen LogP contribution in [0.25, 0.3) is 0 Å². The minimum Gasteiger partial charge on any atom is -0.481 e. The van der Waals surface area contributed by atoms with Gasteiger partial charge in [-0.3, -0.25) is 14.9 Å². The van der Waals surface area contributed by atoms with Crippen LogP contribution in [-0.2, 0) is 11.2 Å². The number of aryl methyl sites for hydroxylation is 1. The molecule has 0 bridgehead atoms. The van der Waals surface area contributed by atoms with Crippen LogP contribution in [0.4, 0.5) is 5.69 Å². The lowest BCUT2D eigenvalue weighted by Crippen LogP contribution is -2.19. The minimum absolute atomic E-state index is 0.116. The molecule has 0 fully saturated rings. The summed E-state index contributed by atoms with van der Waals surface area (Å²) in [6, 6.07) is 9.04. The SMILES string of the molecule is CCc1cc(Oc2ccc([N+](=O)[O-])cc2Cl)ccc1OC(C)C(=O)Cl. The normalized spacial score (nSPS) is 11.7. The summed E-state index contributed by atoms with van der Waals surface area (Å²) in [5, 5.41) is 10.3. The Labute approximate surface area is 154 Å². The average Bonchev–Trinajstić information content (AvgIpc) is 2.57. The molecule has 2 aromatic carbocycles. The molecular formula is C17H15Cl2NO5. The van der Waals surface area contributed by atoms with Crippen molar-refractivity contribution >= 4 is 34.1 Å². The molecule has 0 N–H and O–H groups in total. The summed E-state index contributed by atoms with van der Waals surface area (Å²) >= 11 is 11.4. The summed E-state index contributed by atoms with van der Waals surface area (Å²) < 4.78 is 11.2. The van der Waals surface area contributed by atoms with Gasteiger partial charge in [0.1, 0.15) is 17.2 Å². The molecule has 0 aliphatic heterocycles. The topological polar surface area (TPSA) is 78.7 Å². The highest BCUT2D eigenvalue weighted by Gasteiger charge is 2.15. The van der Waals surface area contributed by atoms with Gasteiger partial charge in [0.2, 0.25) is 0 Å². The zero-order chi connectivity index (χ0) is 18.6. The number of hydrogen-bond acceptors (Lipinski definition) is 5. The fourth-order valence-electron chi connectivity index (χ4n) is 2.06. The van der Waals surface area contributed by atoms with Gasteiger partial charge in [-0.1, -0.05) is 18.5 Å². The van der Waals surface area contributed by atoms with Gasteiger partial charge in [0, 0.05) is 12.1 Å². The molecule has 132 valence electrons. The number of non-ortho nitro benzene ring substituents is 1. The van der Waals surface area contributed by atoms with Crippen molar-refractivity contribution in [1.29, 1.82) is 0 Å². The van der Waals surface area contributed by atoms with Gasteiger partial charge in [-0.05, 0) is 54.8 Å². The predicted molar refractivity (Wildman–Crippen MR) is 95.0 cm³/mol. The first-order valence-corrected chi connectivity index (χ1v) is 8.18. The van der Waals surface area contributed by atoms with Crippen LogP contribution < -0.4 is 9.47 Å². The molecule has 0 amide bonds. The van der Waals surface area contributed by atoms with Gasteiger partial charge in [-0.2, -0.15) is 0 Å². The molecule has 2 rings (SSSR count). The predicted octanol–water partition coefficient (Wildman–Crippen LogP) is 5.14. The largest absolute Gasteiger partial charge is 0.481 e. The van der Waals surface area contributed by atoms with Crippen LogP contribution in [0.5, 0.6) is 17.2 Å². The van der Waals surface area contributed by atoms with Crippen molar-refractivity contribution in [2.75, 3.05) is 0 Å². The first kappa shape index (κ1) is 19.0. The molecule has 6 nitrogen and oxygen atoms in total. The van der Waals surface area contributed by atoms with Gasteiger partial charge >= 0.3 is 0 Å². The molecule has 0 radical (unpaired) electrons. The quantitative estimate of drug-likeness (QED) is 0.375. The summed E-state index contributed by atoms with van der Waals surface area (Å²) in [6.07, 6.45) is -0.119. The van der Waals surface area contributed by atoms with Gasteiger partial charge in [0.05, 0.1) is 9.95 Å². The summed E-state index contributed by atoms with van der Waals surface area (Å²) in [7, 11) is 0. The molecule has 0 aliphatic carbocycles. The average molecular weight is 384 g/mol. The van der Waals surface area contributed by atoms with Crippen molar-refractivity contribution in [2.45, 2.75) is 26.4 Å². The lowest BCUT2D eigenvalue weighted by molar-refractivity contribution is -0.384. The number of carbonyl (C=O) groups is 1. The van der Waals surface area contributed by atoms with E-state index in [1.807, 2.05) is 6.92 Å². The second-order valence-corrected chi connectivity index (χ2v) is 5.94. The second-order valence-electron chi connectivity index (χ2n) is 5.16. The Morgan fingerprint density at radius 3 is 2.48 bits per heavy atom. The zero-order valence-corrected chi connectivity index (χ0v) is 15.0. The van der Waals surface area contributed by atoms with Gasteiger partial charge in [0.15, 0.2) is 6.10 Å². The minimum atomic E-state index is -0.761. The van der Waals surface area contributed by atoms with Crippen molar-refractivity contribution in [3.8, 4) is 17.2 Å². The fraction of sp³-hybridized carbons (Fsp3) is 0.235. The number of rotatable bonds is 7. The van der Waals surface area contributed by atoms with E-state index in [9.17, 15) is 14.9 Å². The Morgan fingerprint density at radius 2 is 1.92 bits per heavy atom. The number of hydrogen-bond donors (Lipinski definition) is 0. The second kappa shape index (κ2) is 8.18. The van der Waals surface area contributed by atoms with Crippen molar-refractivity contribution < 1.29 is 19.2 Å². The molecule has 8 heteroatoms. The molecule has 0 saturated heterocycles. The maximum atomic E-state index is 11.1. The molecule has 0 aliphatic rings. The first-order valence-electron chi connectivity index (χ1n) is 7.42. The summed E-state index contributed by atoms with van der Waals surface area (Å²) in [5.74, 6) is 1.32. The van der Waals surface area contributed by atoms with E-state index >= 15 is 0 Å².